The van der Waals surface area contributed by atoms with Gasteiger partial charge in [-0.15, -0.1) is 5.10 Å². The van der Waals surface area contributed by atoms with E-state index in [0.29, 0.717) is 26.8 Å². The van der Waals surface area contributed by atoms with E-state index in [1.807, 2.05) is 55.5 Å². The molecule has 7 heteroatoms. The number of para-hydroxylation sites is 1. The van der Waals surface area contributed by atoms with Crippen LogP contribution in [0, 0.1) is 6.92 Å². The number of hydrogen-bond donors (Lipinski definition) is 0. The van der Waals surface area contributed by atoms with Gasteiger partial charge in [0.05, 0.1) is 18.8 Å². The monoisotopic (exact) mass is 405 g/mol. The maximum atomic E-state index is 12.8. The van der Waals surface area contributed by atoms with Crippen molar-refractivity contribution in [2.75, 3.05) is 14.2 Å². The van der Waals surface area contributed by atoms with Gasteiger partial charge in [0.15, 0.2) is 17.3 Å². The zero-order valence-electron chi connectivity index (χ0n) is 16.2. The van der Waals surface area contributed by atoms with Crippen LogP contribution in [0.4, 0.5) is 0 Å². The Morgan fingerprint density at radius 1 is 1.03 bits per heavy atom. The fourth-order valence-corrected chi connectivity index (χ4v) is 3.84. The molecule has 0 saturated carbocycles. The largest absolute Gasteiger partial charge is 0.493 e. The Hall–Kier alpha value is -3.45. The summed E-state index contributed by atoms with van der Waals surface area (Å²) in [6.07, 6.45) is 5.50. The number of fused-ring (bicyclic) bond motifs is 1. The van der Waals surface area contributed by atoms with E-state index in [1.54, 1.807) is 26.4 Å². The second-order valence-electron chi connectivity index (χ2n) is 6.41. The van der Waals surface area contributed by atoms with Gasteiger partial charge in [0, 0.05) is 5.56 Å². The summed E-state index contributed by atoms with van der Waals surface area (Å²) in [5.74, 6) is 1.69. The number of benzene rings is 2. The zero-order chi connectivity index (χ0) is 20.4. The molecular formula is C22H19N3O3S. The fraction of sp³-hybridized carbons (Fsp3) is 0.136. The standard InChI is InChI=1S/C22H19N3O3S/c1-14-7-9-15(10-8-14)11-12-19-23-22-25(24-19)21(26)18(29-22)13-16-5-4-6-17(27-2)20(16)28-3/h4-13H,1-3H3. The fourth-order valence-electron chi connectivity index (χ4n) is 2.93. The molecule has 4 aromatic rings. The number of rotatable bonds is 5. The van der Waals surface area contributed by atoms with Crippen LogP contribution in [0.3, 0.4) is 0 Å². The first-order chi connectivity index (χ1) is 14.1. The number of thiazole rings is 1. The van der Waals surface area contributed by atoms with Gasteiger partial charge in [-0.25, -0.2) is 0 Å². The van der Waals surface area contributed by atoms with Crippen LogP contribution in [0.25, 0.3) is 23.2 Å². The van der Waals surface area contributed by atoms with E-state index in [1.165, 1.54) is 21.4 Å². The molecule has 0 aliphatic rings. The average molecular weight is 405 g/mol. The van der Waals surface area contributed by atoms with Gasteiger partial charge in [0.1, 0.15) is 0 Å². The lowest BCUT2D eigenvalue weighted by Gasteiger charge is -2.09. The molecule has 0 atom stereocenters. The van der Waals surface area contributed by atoms with Crippen LogP contribution in [0.15, 0.2) is 47.3 Å². The van der Waals surface area contributed by atoms with Crippen LogP contribution in [0.1, 0.15) is 22.5 Å². The van der Waals surface area contributed by atoms with Gasteiger partial charge >= 0.3 is 0 Å². The summed E-state index contributed by atoms with van der Waals surface area (Å²) >= 11 is 1.29. The minimum absolute atomic E-state index is 0.211. The maximum Gasteiger partial charge on any atom is 0.291 e. The molecule has 2 aromatic carbocycles. The van der Waals surface area contributed by atoms with Crippen molar-refractivity contribution in [2.24, 2.45) is 0 Å². The van der Waals surface area contributed by atoms with E-state index in [-0.39, 0.29) is 5.56 Å². The van der Waals surface area contributed by atoms with Crippen LogP contribution < -0.4 is 19.6 Å². The van der Waals surface area contributed by atoms with Gasteiger partial charge in [-0.1, -0.05) is 59.4 Å². The van der Waals surface area contributed by atoms with Crippen molar-refractivity contribution in [1.29, 1.82) is 0 Å². The second kappa shape index (κ2) is 7.89. The van der Waals surface area contributed by atoms with E-state index in [2.05, 4.69) is 10.1 Å². The van der Waals surface area contributed by atoms with E-state index < -0.39 is 0 Å². The van der Waals surface area contributed by atoms with Crippen molar-refractivity contribution in [2.45, 2.75) is 6.92 Å². The van der Waals surface area contributed by atoms with Crippen molar-refractivity contribution < 1.29 is 9.47 Å². The van der Waals surface area contributed by atoms with Crippen LogP contribution in [0.2, 0.25) is 0 Å². The summed E-state index contributed by atoms with van der Waals surface area (Å²) in [6, 6.07) is 13.7. The topological polar surface area (TPSA) is 65.7 Å². The molecule has 4 rings (SSSR count). The van der Waals surface area contributed by atoms with Gasteiger partial charge in [0.25, 0.3) is 5.56 Å². The van der Waals surface area contributed by atoms with Crippen LogP contribution in [0.5, 0.6) is 11.5 Å². The molecule has 0 saturated heterocycles. The highest BCUT2D eigenvalue weighted by Gasteiger charge is 2.11. The lowest BCUT2D eigenvalue weighted by Crippen LogP contribution is -2.23. The Balaban J connectivity index is 1.70. The van der Waals surface area contributed by atoms with E-state index in [0.717, 1.165) is 11.1 Å². The van der Waals surface area contributed by atoms with Crippen molar-refractivity contribution in [3.63, 3.8) is 0 Å². The molecule has 0 fully saturated rings. The Morgan fingerprint density at radius 3 is 2.52 bits per heavy atom. The molecule has 0 amide bonds. The molecule has 0 bridgehead atoms. The quantitative estimate of drug-likeness (QED) is 0.510. The number of nitrogens with zero attached hydrogens (tertiary/aromatic N) is 3. The Morgan fingerprint density at radius 2 is 1.83 bits per heavy atom. The normalized spacial score (nSPS) is 12.2. The van der Waals surface area contributed by atoms with Gasteiger partial charge in [0.2, 0.25) is 4.96 Å². The van der Waals surface area contributed by atoms with Crippen molar-refractivity contribution in [1.82, 2.24) is 14.6 Å². The van der Waals surface area contributed by atoms with Crippen LogP contribution in [-0.2, 0) is 0 Å². The molecule has 0 unspecified atom stereocenters. The molecule has 0 N–H and O–H groups in total. The van der Waals surface area contributed by atoms with E-state index >= 15 is 0 Å². The summed E-state index contributed by atoms with van der Waals surface area (Å²) in [7, 11) is 3.15. The molecule has 2 aromatic heterocycles. The predicted octanol–water partition coefficient (Wildman–Crippen LogP) is 3.19. The number of aromatic nitrogens is 3. The Bertz CT molecular complexity index is 1300. The van der Waals surface area contributed by atoms with Crippen molar-refractivity contribution >= 4 is 34.5 Å². The molecule has 0 radical (unpaired) electrons. The summed E-state index contributed by atoms with van der Waals surface area (Å²) in [5.41, 5.74) is 2.80. The lowest BCUT2D eigenvalue weighted by molar-refractivity contribution is 0.354. The third-order valence-corrected chi connectivity index (χ3v) is 5.38. The third kappa shape index (κ3) is 3.77. The smallest absolute Gasteiger partial charge is 0.291 e. The first kappa shape index (κ1) is 18.9. The summed E-state index contributed by atoms with van der Waals surface area (Å²) in [5, 5.41) is 4.32. The second-order valence-corrected chi connectivity index (χ2v) is 7.42. The Labute approximate surface area is 171 Å². The van der Waals surface area contributed by atoms with Gasteiger partial charge in [-0.2, -0.15) is 9.50 Å². The summed E-state index contributed by atoms with van der Waals surface area (Å²) < 4.78 is 12.6. The van der Waals surface area contributed by atoms with Gasteiger partial charge < -0.3 is 9.47 Å². The van der Waals surface area contributed by atoms with Crippen LogP contribution in [-0.4, -0.2) is 28.8 Å². The minimum atomic E-state index is -0.211. The number of methoxy groups -OCH3 is 2. The highest BCUT2D eigenvalue weighted by atomic mass is 32.1. The molecule has 0 aliphatic heterocycles. The Kier molecular flexibility index (Phi) is 5.14. The zero-order valence-corrected chi connectivity index (χ0v) is 17.1. The first-order valence-corrected chi connectivity index (χ1v) is 9.78. The average Bonchev–Trinajstić information content (AvgIpc) is 3.26. The van der Waals surface area contributed by atoms with Crippen LogP contribution >= 0.6 is 11.3 Å². The van der Waals surface area contributed by atoms with Gasteiger partial charge in [-0.05, 0) is 30.7 Å². The highest BCUT2D eigenvalue weighted by molar-refractivity contribution is 7.15. The summed E-state index contributed by atoms with van der Waals surface area (Å²) in [4.78, 5) is 17.8. The number of hydrogen-bond acceptors (Lipinski definition) is 6. The van der Waals surface area contributed by atoms with E-state index in [4.69, 9.17) is 9.47 Å². The highest BCUT2D eigenvalue weighted by Crippen LogP contribution is 2.31. The molecule has 146 valence electrons. The number of ether oxygens (including phenoxy) is 2. The molecule has 6 nitrogen and oxygen atoms in total. The molecule has 2 heterocycles. The molecular weight excluding hydrogens is 386 g/mol. The van der Waals surface area contributed by atoms with Gasteiger partial charge in [-0.3, -0.25) is 4.79 Å². The van der Waals surface area contributed by atoms with Crippen molar-refractivity contribution in [3.8, 4) is 11.5 Å². The molecule has 29 heavy (non-hydrogen) atoms. The van der Waals surface area contributed by atoms with E-state index in [9.17, 15) is 4.79 Å². The molecule has 0 aliphatic carbocycles. The maximum absolute atomic E-state index is 12.8. The lowest BCUT2D eigenvalue weighted by atomic mass is 10.1. The number of aryl methyl sites for hydroxylation is 1. The summed E-state index contributed by atoms with van der Waals surface area (Å²) in [6.45, 7) is 2.05. The third-order valence-electron chi connectivity index (χ3n) is 4.42. The first-order valence-electron chi connectivity index (χ1n) is 8.96. The SMILES string of the molecule is COc1cccc(C=c2sc3nc(C=Cc4ccc(C)cc4)nn3c2=O)c1OC. The predicted molar refractivity (Wildman–Crippen MR) is 116 cm³/mol. The van der Waals surface area contributed by atoms with Crippen molar-refractivity contribution in [3.05, 3.63) is 79.9 Å². The molecule has 0 spiro atoms. The minimum Gasteiger partial charge on any atom is -0.493 e.